The quantitative estimate of drug-likeness (QED) is 0.357. The van der Waals surface area contributed by atoms with Gasteiger partial charge in [-0.05, 0) is 65.4 Å². The van der Waals surface area contributed by atoms with E-state index in [2.05, 4.69) is 0 Å². The van der Waals surface area contributed by atoms with Gasteiger partial charge in [0.1, 0.15) is 5.75 Å². The predicted octanol–water partition coefficient (Wildman–Crippen LogP) is 4.88. The second-order valence-electron chi connectivity index (χ2n) is 5.31. The topological polar surface area (TPSA) is 65.0 Å². The number of phenols is 1. The van der Waals surface area contributed by atoms with Crippen molar-refractivity contribution in [3.8, 4) is 23.0 Å². The SMILES string of the molecule is COc1ccc(/C=C/C(=O)c2cc(Cl)c(C)c(I)c2O)c(OC)c1OC. The first-order valence-electron chi connectivity index (χ1n) is 7.54. The van der Waals surface area contributed by atoms with Crippen LogP contribution in [0.5, 0.6) is 23.0 Å². The number of ketones is 1. The summed E-state index contributed by atoms with van der Waals surface area (Å²) in [6.07, 6.45) is 2.93. The van der Waals surface area contributed by atoms with Crippen molar-refractivity contribution in [2.45, 2.75) is 6.92 Å². The molecule has 0 aromatic heterocycles. The van der Waals surface area contributed by atoms with E-state index in [0.29, 0.717) is 31.4 Å². The van der Waals surface area contributed by atoms with Crippen molar-refractivity contribution in [3.63, 3.8) is 0 Å². The monoisotopic (exact) mass is 488 g/mol. The third-order valence-corrected chi connectivity index (χ3v) is 5.55. The van der Waals surface area contributed by atoms with Gasteiger partial charge in [-0.3, -0.25) is 4.79 Å². The van der Waals surface area contributed by atoms with Crippen LogP contribution in [0.2, 0.25) is 5.02 Å². The summed E-state index contributed by atoms with van der Waals surface area (Å²) in [7, 11) is 4.54. The van der Waals surface area contributed by atoms with E-state index in [-0.39, 0.29) is 17.1 Å². The summed E-state index contributed by atoms with van der Waals surface area (Å²) in [6, 6.07) is 4.93. The third kappa shape index (κ3) is 3.91. The first-order valence-corrected chi connectivity index (χ1v) is 9.00. The molecule has 1 N–H and O–H groups in total. The Morgan fingerprint density at radius 3 is 2.38 bits per heavy atom. The van der Waals surface area contributed by atoms with Gasteiger partial charge in [0.2, 0.25) is 5.75 Å². The van der Waals surface area contributed by atoms with Crippen LogP contribution in [0, 0.1) is 10.5 Å². The fourth-order valence-electron chi connectivity index (χ4n) is 2.40. The van der Waals surface area contributed by atoms with Crippen molar-refractivity contribution in [3.05, 3.63) is 49.6 Å². The molecule has 0 aliphatic heterocycles. The number of phenolic OH excluding ortho intramolecular Hbond substituents is 1. The maximum Gasteiger partial charge on any atom is 0.203 e. The molecule has 2 rings (SSSR count). The molecule has 0 fully saturated rings. The molecule has 26 heavy (non-hydrogen) atoms. The maximum absolute atomic E-state index is 12.5. The Bertz CT molecular complexity index is 877. The molecule has 2 aromatic carbocycles. The number of methoxy groups -OCH3 is 3. The van der Waals surface area contributed by atoms with Gasteiger partial charge in [-0.25, -0.2) is 0 Å². The van der Waals surface area contributed by atoms with Crippen LogP contribution in [0.15, 0.2) is 24.3 Å². The highest BCUT2D eigenvalue weighted by atomic mass is 127. The Morgan fingerprint density at radius 2 is 1.81 bits per heavy atom. The van der Waals surface area contributed by atoms with Gasteiger partial charge in [0.25, 0.3) is 0 Å². The van der Waals surface area contributed by atoms with Crippen LogP contribution in [0.4, 0.5) is 0 Å². The Hall–Kier alpha value is -1.93. The lowest BCUT2D eigenvalue weighted by Gasteiger charge is -2.14. The highest BCUT2D eigenvalue weighted by Gasteiger charge is 2.17. The van der Waals surface area contributed by atoms with Gasteiger partial charge in [0, 0.05) is 10.6 Å². The minimum atomic E-state index is -0.376. The zero-order valence-electron chi connectivity index (χ0n) is 14.7. The molecule has 0 radical (unpaired) electrons. The zero-order chi connectivity index (χ0) is 19.4. The van der Waals surface area contributed by atoms with Gasteiger partial charge in [0.15, 0.2) is 17.3 Å². The number of carbonyl (C=O) groups is 1. The van der Waals surface area contributed by atoms with Crippen LogP contribution in [-0.4, -0.2) is 32.2 Å². The summed E-state index contributed by atoms with van der Waals surface area (Å²) in [5.74, 6) is 0.933. The van der Waals surface area contributed by atoms with E-state index in [1.165, 1.54) is 33.5 Å². The number of benzene rings is 2. The van der Waals surface area contributed by atoms with Gasteiger partial charge in [-0.1, -0.05) is 11.6 Å². The number of ether oxygens (including phenoxy) is 3. The van der Waals surface area contributed by atoms with Crippen molar-refractivity contribution >= 4 is 46.1 Å². The zero-order valence-corrected chi connectivity index (χ0v) is 17.6. The lowest BCUT2D eigenvalue weighted by molar-refractivity contribution is 0.104. The van der Waals surface area contributed by atoms with E-state index in [1.54, 1.807) is 25.1 Å². The van der Waals surface area contributed by atoms with Gasteiger partial charge in [-0.2, -0.15) is 0 Å². The predicted molar refractivity (Wildman–Crippen MR) is 110 cm³/mol. The highest BCUT2D eigenvalue weighted by molar-refractivity contribution is 14.1. The molecule has 0 unspecified atom stereocenters. The molecule has 0 atom stereocenters. The highest BCUT2D eigenvalue weighted by Crippen LogP contribution is 2.40. The minimum Gasteiger partial charge on any atom is -0.506 e. The third-order valence-electron chi connectivity index (χ3n) is 3.84. The van der Waals surface area contributed by atoms with Gasteiger partial charge >= 0.3 is 0 Å². The number of hydrogen-bond acceptors (Lipinski definition) is 5. The lowest BCUT2D eigenvalue weighted by Crippen LogP contribution is -1.99. The fourth-order valence-corrected chi connectivity index (χ4v) is 3.35. The van der Waals surface area contributed by atoms with Gasteiger partial charge in [0.05, 0.1) is 30.5 Å². The minimum absolute atomic E-state index is 0.0820. The molecule has 0 aliphatic carbocycles. The molecule has 0 heterocycles. The second kappa shape index (κ2) is 8.64. The average molecular weight is 489 g/mol. The fraction of sp³-hybridized carbons (Fsp3) is 0.211. The summed E-state index contributed by atoms with van der Waals surface area (Å²) >= 11 is 8.09. The van der Waals surface area contributed by atoms with Crippen LogP contribution in [0.1, 0.15) is 21.5 Å². The summed E-state index contributed by atoms with van der Waals surface area (Å²) in [5.41, 5.74) is 1.50. The summed E-state index contributed by atoms with van der Waals surface area (Å²) in [4.78, 5) is 12.5. The molecule has 2 aromatic rings. The first kappa shape index (κ1) is 20.4. The van der Waals surface area contributed by atoms with Crippen molar-refractivity contribution in [1.82, 2.24) is 0 Å². The number of allylic oxidation sites excluding steroid dienone is 1. The number of halogens is 2. The molecule has 5 nitrogen and oxygen atoms in total. The van der Waals surface area contributed by atoms with Crippen LogP contribution < -0.4 is 14.2 Å². The molecule has 0 amide bonds. The van der Waals surface area contributed by atoms with Crippen molar-refractivity contribution in [1.29, 1.82) is 0 Å². The molecule has 138 valence electrons. The van der Waals surface area contributed by atoms with E-state index in [9.17, 15) is 9.90 Å². The van der Waals surface area contributed by atoms with E-state index in [4.69, 9.17) is 25.8 Å². The molecule has 0 aliphatic rings. The Morgan fingerprint density at radius 1 is 1.15 bits per heavy atom. The number of aromatic hydroxyl groups is 1. The van der Waals surface area contributed by atoms with Gasteiger partial charge < -0.3 is 19.3 Å². The average Bonchev–Trinajstić information content (AvgIpc) is 2.65. The summed E-state index contributed by atoms with van der Waals surface area (Å²) < 4.78 is 16.5. The molecule has 0 saturated heterocycles. The summed E-state index contributed by atoms with van der Waals surface area (Å²) in [5, 5.41) is 10.7. The van der Waals surface area contributed by atoms with Crippen LogP contribution in [0.25, 0.3) is 6.08 Å². The number of hydrogen-bond donors (Lipinski definition) is 1. The molecule has 0 bridgehead atoms. The van der Waals surface area contributed by atoms with E-state index >= 15 is 0 Å². The van der Waals surface area contributed by atoms with Crippen molar-refractivity contribution in [2.24, 2.45) is 0 Å². The van der Waals surface area contributed by atoms with Crippen molar-refractivity contribution < 1.29 is 24.1 Å². The summed E-state index contributed by atoms with van der Waals surface area (Å²) in [6.45, 7) is 1.78. The van der Waals surface area contributed by atoms with Crippen LogP contribution >= 0.6 is 34.2 Å². The standard InChI is InChI=1S/C19H18ClIO5/c1-10-13(20)9-12(17(23)16(10)21)14(22)7-5-11-6-8-15(24-2)19(26-4)18(11)25-3/h5-9,23H,1-4H3/b7-5+. The molecule has 0 saturated carbocycles. The smallest absolute Gasteiger partial charge is 0.203 e. The Balaban J connectivity index is 2.44. The largest absolute Gasteiger partial charge is 0.506 e. The second-order valence-corrected chi connectivity index (χ2v) is 6.80. The van der Waals surface area contributed by atoms with E-state index in [0.717, 1.165) is 5.56 Å². The molecular formula is C19H18ClIO5. The Kier molecular flexibility index (Phi) is 6.77. The van der Waals surface area contributed by atoms with Gasteiger partial charge in [-0.15, -0.1) is 0 Å². The first-order chi connectivity index (χ1) is 12.3. The van der Waals surface area contributed by atoms with Crippen molar-refractivity contribution in [2.75, 3.05) is 21.3 Å². The number of carbonyl (C=O) groups excluding carboxylic acids is 1. The number of rotatable bonds is 6. The van der Waals surface area contributed by atoms with Crippen LogP contribution in [-0.2, 0) is 0 Å². The van der Waals surface area contributed by atoms with Crippen LogP contribution in [0.3, 0.4) is 0 Å². The molecule has 7 heteroatoms. The Labute approximate surface area is 170 Å². The maximum atomic E-state index is 12.5. The normalized spacial score (nSPS) is 10.8. The van der Waals surface area contributed by atoms with E-state index < -0.39 is 0 Å². The van der Waals surface area contributed by atoms with E-state index in [1.807, 2.05) is 22.6 Å². The molecule has 0 spiro atoms. The molecular weight excluding hydrogens is 471 g/mol. The lowest BCUT2D eigenvalue weighted by atomic mass is 10.1.